The SMILES string of the molecule is C=C(Br)COc1cc(CNCC)ccc1OC. The molecule has 0 atom stereocenters. The maximum absolute atomic E-state index is 5.61. The number of benzene rings is 1. The van der Waals surface area contributed by atoms with E-state index in [1.54, 1.807) is 7.11 Å². The van der Waals surface area contributed by atoms with Gasteiger partial charge in [0.15, 0.2) is 11.5 Å². The van der Waals surface area contributed by atoms with Gasteiger partial charge in [-0.1, -0.05) is 35.5 Å². The average Bonchev–Trinajstić information content (AvgIpc) is 2.33. The Hall–Kier alpha value is -1.00. The highest BCUT2D eigenvalue weighted by Crippen LogP contribution is 2.28. The van der Waals surface area contributed by atoms with E-state index < -0.39 is 0 Å². The van der Waals surface area contributed by atoms with Gasteiger partial charge in [-0.2, -0.15) is 0 Å². The fourth-order valence-electron chi connectivity index (χ4n) is 1.37. The van der Waals surface area contributed by atoms with Crippen LogP contribution in [0.4, 0.5) is 0 Å². The van der Waals surface area contributed by atoms with Gasteiger partial charge in [-0.15, -0.1) is 0 Å². The quantitative estimate of drug-likeness (QED) is 0.839. The maximum Gasteiger partial charge on any atom is 0.162 e. The van der Waals surface area contributed by atoms with Gasteiger partial charge in [0.1, 0.15) is 6.61 Å². The molecule has 94 valence electrons. The van der Waals surface area contributed by atoms with Crippen LogP contribution in [0, 0.1) is 0 Å². The Morgan fingerprint density at radius 2 is 2.18 bits per heavy atom. The summed E-state index contributed by atoms with van der Waals surface area (Å²) >= 11 is 3.27. The largest absolute Gasteiger partial charge is 0.493 e. The van der Waals surface area contributed by atoms with Crippen LogP contribution in [0.3, 0.4) is 0 Å². The lowest BCUT2D eigenvalue weighted by Crippen LogP contribution is -2.11. The molecule has 0 radical (unpaired) electrons. The predicted octanol–water partition coefficient (Wildman–Crippen LogP) is 3.09. The molecule has 0 aliphatic carbocycles. The Balaban J connectivity index is 2.78. The Morgan fingerprint density at radius 3 is 2.76 bits per heavy atom. The molecule has 1 aromatic carbocycles. The van der Waals surface area contributed by atoms with Gasteiger partial charge < -0.3 is 14.8 Å². The van der Waals surface area contributed by atoms with Crippen LogP contribution in [0.5, 0.6) is 11.5 Å². The zero-order chi connectivity index (χ0) is 12.7. The first-order chi connectivity index (χ1) is 8.17. The fraction of sp³-hybridized carbons (Fsp3) is 0.385. The number of nitrogens with one attached hydrogen (secondary N) is 1. The van der Waals surface area contributed by atoms with Crippen molar-refractivity contribution in [1.29, 1.82) is 0 Å². The van der Waals surface area contributed by atoms with Crippen LogP contribution in [0.2, 0.25) is 0 Å². The lowest BCUT2D eigenvalue weighted by molar-refractivity contribution is 0.324. The number of halogens is 1. The summed E-state index contributed by atoms with van der Waals surface area (Å²) in [6, 6.07) is 5.92. The number of hydrogen-bond donors (Lipinski definition) is 1. The fourth-order valence-corrected chi connectivity index (χ4v) is 1.48. The van der Waals surface area contributed by atoms with E-state index in [4.69, 9.17) is 9.47 Å². The van der Waals surface area contributed by atoms with Crippen LogP contribution >= 0.6 is 15.9 Å². The summed E-state index contributed by atoms with van der Waals surface area (Å²) in [5, 5.41) is 3.27. The third kappa shape index (κ3) is 4.79. The number of ether oxygens (including phenoxy) is 2. The third-order valence-corrected chi connectivity index (χ3v) is 2.42. The van der Waals surface area contributed by atoms with Crippen LogP contribution in [-0.2, 0) is 6.54 Å². The highest BCUT2D eigenvalue weighted by molar-refractivity contribution is 9.11. The average molecular weight is 300 g/mol. The van der Waals surface area contributed by atoms with Crippen molar-refractivity contribution in [3.05, 3.63) is 34.8 Å². The summed E-state index contributed by atoms with van der Waals surface area (Å²) in [7, 11) is 1.63. The van der Waals surface area contributed by atoms with Gasteiger partial charge in [0.25, 0.3) is 0 Å². The van der Waals surface area contributed by atoms with Crippen LogP contribution in [0.1, 0.15) is 12.5 Å². The molecule has 3 nitrogen and oxygen atoms in total. The molecule has 0 unspecified atom stereocenters. The lowest BCUT2D eigenvalue weighted by atomic mass is 10.2. The second-order valence-electron chi connectivity index (χ2n) is 3.57. The Labute approximate surface area is 111 Å². The van der Waals surface area contributed by atoms with Crippen molar-refractivity contribution >= 4 is 15.9 Å². The molecule has 0 heterocycles. The van der Waals surface area contributed by atoms with E-state index >= 15 is 0 Å². The van der Waals surface area contributed by atoms with Crippen LogP contribution in [-0.4, -0.2) is 20.3 Å². The van der Waals surface area contributed by atoms with Crippen molar-refractivity contribution in [2.45, 2.75) is 13.5 Å². The lowest BCUT2D eigenvalue weighted by Gasteiger charge is -2.12. The zero-order valence-electron chi connectivity index (χ0n) is 10.3. The zero-order valence-corrected chi connectivity index (χ0v) is 11.8. The molecule has 1 N–H and O–H groups in total. The van der Waals surface area contributed by atoms with Crippen molar-refractivity contribution in [2.24, 2.45) is 0 Å². The first kappa shape index (κ1) is 14.1. The highest BCUT2D eigenvalue weighted by Gasteiger charge is 2.05. The van der Waals surface area contributed by atoms with E-state index in [1.807, 2.05) is 18.2 Å². The second kappa shape index (κ2) is 7.35. The summed E-state index contributed by atoms with van der Waals surface area (Å²) in [6.45, 7) is 8.02. The Kier molecular flexibility index (Phi) is 6.08. The standard InChI is InChI=1S/C13H18BrNO2/c1-4-15-8-11-5-6-12(16-3)13(7-11)17-9-10(2)14/h5-7,15H,2,4,8-9H2,1,3H3. The molecule has 0 bridgehead atoms. The molecule has 0 amide bonds. The molecule has 0 aliphatic heterocycles. The summed E-state index contributed by atoms with van der Waals surface area (Å²) in [5.41, 5.74) is 1.17. The Bertz CT molecular complexity index is 380. The van der Waals surface area contributed by atoms with E-state index in [9.17, 15) is 0 Å². The van der Waals surface area contributed by atoms with Gasteiger partial charge in [0.2, 0.25) is 0 Å². The van der Waals surface area contributed by atoms with Crippen LogP contribution in [0.15, 0.2) is 29.3 Å². The first-order valence-corrected chi connectivity index (χ1v) is 6.30. The molecule has 1 aromatic rings. The third-order valence-electron chi connectivity index (χ3n) is 2.19. The molecule has 0 saturated heterocycles. The van der Waals surface area contributed by atoms with Crippen molar-refractivity contribution in [3.8, 4) is 11.5 Å². The van der Waals surface area contributed by atoms with Crippen molar-refractivity contribution in [1.82, 2.24) is 5.32 Å². The number of hydrogen-bond acceptors (Lipinski definition) is 3. The monoisotopic (exact) mass is 299 g/mol. The molecule has 0 fully saturated rings. The topological polar surface area (TPSA) is 30.5 Å². The highest BCUT2D eigenvalue weighted by atomic mass is 79.9. The van der Waals surface area contributed by atoms with Gasteiger partial charge in [-0.3, -0.25) is 0 Å². The van der Waals surface area contributed by atoms with E-state index in [1.165, 1.54) is 5.56 Å². The molecule has 0 spiro atoms. The van der Waals surface area contributed by atoms with Crippen molar-refractivity contribution in [2.75, 3.05) is 20.3 Å². The molecular weight excluding hydrogens is 282 g/mol. The summed E-state index contributed by atoms with van der Waals surface area (Å²) in [5.74, 6) is 1.47. The normalized spacial score (nSPS) is 10.1. The minimum atomic E-state index is 0.432. The van der Waals surface area contributed by atoms with E-state index in [2.05, 4.69) is 34.7 Å². The minimum Gasteiger partial charge on any atom is -0.493 e. The first-order valence-electron chi connectivity index (χ1n) is 5.51. The van der Waals surface area contributed by atoms with Gasteiger partial charge >= 0.3 is 0 Å². The van der Waals surface area contributed by atoms with E-state index in [0.29, 0.717) is 6.61 Å². The predicted molar refractivity (Wildman–Crippen MR) is 73.9 cm³/mol. The summed E-state index contributed by atoms with van der Waals surface area (Å²) in [4.78, 5) is 0. The summed E-state index contributed by atoms with van der Waals surface area (Å²) in [6.07, 6.45) is 0. The molecule has 0 aromatic heterocycles. The van der Waals surface area contributed by atoms with Gasteiger partial charge in [-0.25, -0.2) is 0 Å². The molecule has 0 aliphatic rings. The van der Waals surface area contributed by atoms with Crippen molar-refractivity contribution in [3.63, 3.8) is 0 Å². The van der Waals surface area contributed by atoms with Crippen LogP contribution in [0.25, 0.3) is 0 Å². The number of rotatable bonds is 7. The summed E-state index contributed by atoms with van der Waals surface area (Å²) < 4.78 is 11.7. The Morgan fingerprint density at radius 1 is 1.41 bits per heavy atom. The van der Waals surface area contributed by atoms with Gasteiger partial charge in [0, 0.05) is 11.0 Å². The van der Waals surface area contributed by atoms with E-state index in [0.717, 1.165) is 29.1 Å². The van der Waals surface area contributed by atoms with Gasteiger partial charge in [0.05, 0.1) is 7.11 Å². The minimum absolute atomic E-state index is 0.432. The van der Waals surface area contributed by atoms with Gasteiger partial charge in [-0.05, 0) is 24.2 Å². The molecular formula is C13H18BrNO2. The van der Waals surface area contributed by atoms with Crippen LogP contribution < -0.4 is 14.8 Å². The smallest absolute Gasteiger partial charge is 0.162 e. The molecule has 0 saturated carbocycles. The van der Waals surface area contributed by atoms with Crippen molar-refractivity contribution < 1.29 is 9.47 Å². The number of methoxy groups -OCH3 is 1. The second-order valence-corrected chi connectivity index (χ2v) is 4.69. The molecule has 4 heteroatoms. The molecule has 1 rings (SSSR count). The maximum atomic E-state index is 5.61. The van der Waals surface area contributed by atoms with E-state index in [-0.39, 0.29) is 0 Å². The molecule has 17 heavy (non-hydrogen) atoms.